The number of ether oxygens (including phenoxy) is 1. The molecule has 0 amide bonds. The van der Waals surface area contributed by atoms with Crippen LogP contribution in [0.5, 0.6) is 5.75 Å². The molecule has 1 aromatic rings. The lowest BCUT2D eigenvalue weighted by Crippen LogP contribution is -2.13. The fourth-order valence-corrected chi connectivity index (χ4v) is 3.62. The maximum absolute atomic E-state index is 5.74. The second-order valence-corrected chi connectivity index (χ2v) is 5.69. The molecule has 1 saturated heterocycles. The van der Waals surface area contributed by atoms with Gasteiger partial charge in [0.1, 0.15) is 0 Å². The molecule has 0 radical (unpaired) electrons. The van der Waals surface area contributed by atoms with Gasteiger partial charge >= 0.3 is 0 Å². The minimum Gasteiger partial charge on any atom is -0.487 e. The van der Waals surface area contributed by atoms with Gasteiger partial charge in [0.25, 0.3) is 0 Å². The minimum atomic E-state index is 0.496. The molecule has 4 nitrogen and oxygen atoms in total. The van der Waals surface area contributed by atoms with E-state index in [1.54, 1.807) is 0 Å². The lowest BCUT2D eigenvalue weighted by Gasteiger charge is -2.11. The lowest BCUT2D eigenvalue weighted by atomic mass is 10.1. The van der Waals surface area contributed by atoms with Crippen molar-refractivity contribution < 1.29 is 4.74 Å². The molecule has 1 unspecified atom stereocenters. The Hall–Kier alpha value is -0.620. The molecule has 2 heterocycles. The molecule has 1 fully saturated rings. The van der Waals surface area contributed by atoms with Crippen LogP contribution in [-0.2, 0) is 0 Å². The Morgan fingerprint density at radius 2 is 2.50 bits per heavy atom. The highest BCUT2D eigenvalue weighted by Gasteiger charge is 2.17. The summed E-state index contributed by atoms with van der Waals surface area (Å²) in [5, 5.41) is 4.37. The van der Waals surface area contributed by atoms with E-state index in [1.165, 1.54) is 29.5 Å². The number of nitrogens with zero attached hydrogens (tertiary/aromatic N) is 1. The number of nitrogen functional groups attached to an aromatic ring is 1. The van der Waals surface area contributed by atoms with E-state index in [1.807, 2.05) is 18.7 Å². The average molecular weight is 259 g/mol. The van der Waals surface area contributed by atoms with E-state index in [2.05, 4.69) is 9.69 Å². The zero-order valence-corrected chi connectivity index (χ0v) is 11.0. The van der Waals surface area contributed by atoms with Gasteiger partial charge < -0.3 is 15.8 Å². The topological polar surface area (TPSA) is 60.2 Å². The average Bonchev–Trinajstić information content (AvgIpc) is 2.89. The Morgan fingerprint density at radius 3 is 3.19 bits per heavy atom. The normalized spacial score (nSPS) is 19.9. The molecule has 0 spiro atoms. The van der Waals surface area contributed by atoms with Crippen LogP contribution in [0.1, 0.15) is 13.3 Å². The zero-order chi connectivity index (χ0) is 11.4. The number of nitrogens with one attached hydrogen (secondary N) is 1. The van der Waals surface area contributed by atoms with Crippen LogP contribution in [-0.4, -0.2) is 29.0 Å². The summed E-state index contributed by atoms with van der Waals surface area (Å²) < 4.78 is 9.59. The molecule has 0 aliphatic carbocycles. The Labute approximate surface area is 104 Å². The number of thioether (sulfide) groups is 1. The SMILES string of the molecule is CCOc1c(N)nsc1NCC1CCSC1. The molecule has 1 aromatic heterocycles. The van der Waals surface area contributed by atoms with Crippen LogP contribution in [0.4, 0.5) is 10.8 Å². The molecule has 0 saturated carbocycles. The van der Waals surface area contributed by atoms with E-state index in [0.717, 1.165) is 23.2 Å². The van der Waals surface area contributed by atoms with Gasteiger partial charge in [-0.3, -0.25) is 0 Å². The number of nitrogens with two attached hydrogens (primary N) is 1. The van der Waals surface area contributed by atoms with E-state index in [-0.39, 0.29) is 0 Å². The van der Waals surface area contributed by atoms with Gasteiger partial charge in [-0.25, -0.2) is 0 Å². The van der Waals surface area contributed by atoms with Gasteiger partial charge in [-0.2, -0.15) is 16.1 Å². The molecule has 3 N–H and O–H groups in total. The third-order valence-electron chi connectivity index (χ3n) is 2.54. The lowest BCUT2D eigenvalue weighted by molar-refractivity contribution is 0.344. The molecule has 90 valence electrons. The van der Waals surface area contributed by atoms with E-state index in [0.29, 0.717) is 12.4 Å². The number of hydrogen-bond acceptors (Lipinski definition) is 6. The van der Waals surface area contributed by atoms with Crippen molar-refractivity contribution in [2.75, 3.05) is 35.7 Å². The number of anilines is 2. The van der Waals surface area contributed by atoms with Crippen LogP contribution in [0.2, 0.25) is 0 Å². The molecule has 0 bridgehead atoms. The van der Waals surface area contributed by atoms with E-state index < -0.39 is 0 Å². The summed E-state index contributed by atoms with van der Waals surface area (Å²) in [5.74, 6) is 4.52. The largest absolute Gasteiger partial charge is 0.487 e. The Balaban J connectivity index is 1.92. The summed E-state index contributed by atoms with van der Waals surface area (Å²) in [7, 11) is 0. The number of aromatic nitrogens is 1. The highest BCUT2D eigenvalue weighted by Crippen LogP contribution is 2.35. The van der Waals surface area contributed by atoms with Crippen molar-refractivity contribution >= 4 is 34.1 Å². The summed E-state index contributed by atoms with van der Waals surface area (Å²) in [6.07, 6.45) is 1.30. The van der Waals surface area contributed by atoms with E-state index in [4.69, 9.17) is 10.5 Å². The maximum Gasteiger partial charge on any atom is 0.197 e. The van der Waals surface area contributed by atoms with Gasteiger partial charge in [0.2, 0.25) is 0 Å². The predicted molar refractivity (Wildman–Crippen MR) is 71.6 cm³/mol. The monoisotopic (exact) mass is 259 g/mol. The number of hydrogen-bond donors (Lipinski definition) is 2. The van der Waals surface area contributed by atoms with Crippen LogP contribution in [0.25, 0.3) is 0 Å². The second kappa shape index (κ2) is 5.63. The first-order valence-electron chi connectivity index (χ1n) is 5.50. The first-order chi connectivity index (χ1) is 7.81. The van der Waals surface area contributed by atoms with E-state index in [9.17, 15) is 0 Å². The van der Waals surface area contributed by atoms with Crippen LogP contribution in [0, 0.1) is 5.92 Å². The summed E-state index contributed by atoms with van der Waals surface area (Å²) in [5.41, 5.74) is 5.74. The van der Waals surface area contributed by atoms with Gasteiger partial charge in [-0.05, 0) is 42.3 Å². The smallest absolute Gasteiger partial charge is 0.197 e. The highest BCUT2D eigenvalue weighted by molar-refractivity contribution is 7.99. The van der Waals surface area contributed by atoms with Gasteiger partial charge in [0.15, 0.2) is 16.6 Å². The van der Waals surface area contributed by atoms with Crippen molar-refractivity contribution in [1.29, 1.82) is 0 Å². The van der Waals surface area contributed by atoms with Crippen molar-refractivity contribution in [3.8, 4) is 5.75 Å². The van der Waals surface area contributed by atoms with Crippen molar-refractivity contribution in [1.82, 2.24) is 4.37 Å². The van der Waals surface area contributed by atoms with Crippen LogP contribution < -0.4 is 15.8 Å². The first kappa shape index (κ1) is 11.9. The molecule has 1 aliphatic rings. The molecule has 16 heavy (non-hydrogen) atoms. The van der Waals surface area contributed by atoms with Crippen LogP contribution in [0.15, 0.2) is 0 Å². The highest BCUT2D eigenvalue weighted by atomic mass is 32.2. The van der Waals surface area contributed by atoms with Crippen molar-refractivity contribution in [2.45, 2.75) is 13.3 Å². The molecular formula is C10H17N3OS2. The molecule has 6 heteroatoms. The van der Waals surface area contributed by atoms with Crippen molar-refractivity contribution in [3.63, 3.8) is 0 Å². The first-order valence-corrected chi connectivity index (χ1v) is 7.43. The molecule has 1 aliphatic heterocycles. The maximum atomic E-state index is 5.74. The zero-order valence-electron chi connectivity index (χ0n) is 9.36. The minimum absolute atomic E-state index is 0.496. The van der Waals surface area contributed by atoms with Crippen molar-refractivity contribution in [3.05, 3.63) is 0 Å². The fraction of sp³-hybridized carbons (Fsp3) is 0.700. The predicted octanol–water partition coefficient (Wildman–Crippen LogP) is 2.29. The van der Waals surface area contributed by atoms with Gasteiger partial charge in [-0.1, -0.05) is 0 Å². The van der Waals surface area contributed by atoms with Gasteiger partial charge in [-0.15, -0.1) is 0 Å². The fourth-order valence-electron chi connectivity index (χ4n) is 1.67. The van der Waals surface area contributed by atoms with Gasteiger partial charge in [0, 0.05) is 6.54 Å². The summed E-state index contributed by atoms with van der Waals surface area (Å²) in [4.78, 5) is 0. The molecule has 2 rings (SSSR count). The summed E-state index contributed by atoms with van der Waals surface area (Å²) in [6, 6.07) is 0. The molecular weight excluding hydrogens is 242 g/mol. The summed E-state index contributed by atoms with van der Waals surface area (Å²) in [6.45, 7) is 3.57. The Kier molecular flexibility index (Phi) is 4.17. The standard InChI is InChI=1S/C10H17N3OS2/c1-2-14-8-9(11)13-16-10(8)12-5-7-3-4-15-6-7/h7,12H,2-6H2,1H3,(H2,11,13). The second-order valence-electron chi connectivity index (χ2n) is 3.77. The Bertz CT molecular complexity index is 337. The van der Waals surface area contributed by atoms with Crippen LogP contribution >= 0.6 is 23.3 Å². The van der Waals surface area contributed by atoms with E-state index >= 15 is 0 Å². The quantitative estimate of drug-likeness (QED) is 0.849. The Morgan fingerprint density at radius 1 is 1.62 bits per heavy atom. The third-order valence-corrected chi connectivity index (χ3v) is 4.57. The third kappa shape index (κ3) is 2.74. The molecule has 0 aromatic carbocycles. The van der Waals surface area contributed by atoms with Crippen LogP contribution in [0.3, 0.4) is 0 Å². The van der Waals surface area contributed by atoms with Crippen molar-refractivity contribution in [2.24, 2.45) is 5.92 Å². The number of rotatable bonds is 5. The van der Waals surface area contributed by atoms with Gasteiger partial charge in [0.05, 0.1) is 6.61 Å². The molecule has 1 atom stereocenters. The summed E-state index contributed by atoms with van der Waals surface area (Å²) >= 11 is 3.41.